The summed E-state index contributed by atoms with van der Waals surface area (Å²) in [6, 6.07) is 60.2. The van der Waals surface area contributed by atoms with Crippen molar-refractivity contribution in [2.24, 2.45) is 0 Å². The molecule has 8 aromatic rings. The SMILES string of the molecule is c1ccc(-c2ccc(-c3nc(-c4ccccc4)nc(-c4cccc(-c5ccc6c(c5)C5(CCCCC5)c5cc7c(cc5-6)C5(CCCCC5)c5ccccc5-7)c4)n3)cc2)cc1. The van der Waals surface area contributed by atoms with Gasteiger partial charge in [0.05, 0.1) is 0 Å². The van der Waals surface area contributed by atoms with E-state index in [4.69, 9.17) is 15.0 Å². The van der Waals surface area contributed by atoms with Crippen LogP contribution in [0.1, 0.15) is 86.5 Å². The fourth-order valence-electron chi connectivity index (χ4n) is 11.6. The van der Waals surface area contributed by atoms with E-state index in [2.05, 4.69) is 146 Å². The maximum Gasteiger partial charge on any atom is 0.164 e. The van der Waals surface area contributed by atoms with Crippen LogP contribution < -0.4 is 0 Å². The topological polar surface area (TPSA) is 38.7 Å². The maximum absolute atomic E-state index is 5.15. The molecule has 4 aliphatic carbocycles. The predicted molar refractivity (Wildman–Crippen MR) is 246 cm³/mol. The molecule has 3 nitrogen and oxygen atoms in total. The van der Waals surface area contributed by atoms with Gasteiger partial charge in [-0.3, -0.25) is 0 Å². The molecule has 0 unspecified atom stereocenters. The lowest BCUT2D eigenvalue weighted by atomic mass is 9.66. The van der Waals surface area contributed by atoms with Gasteiger partial charge in [-0.2, -0.15) is 0 Å². The van der Waals surface area contributed by atoms with Crippen molar-refractivity contribution in [1.82, 2.24) is 15.0 Å². The molecule has 60 heavy (non-hydrogen) atoms. The predicted octanol–water partition coefficient (Wildman–Crippen LogP) is 14.7. The van der Waals surface area contributed by atoms with E-state index in [1.807, 2.05) is 18.2 Å². The quantitative estimate of drug-likeness (QED) is 0.175. The lowest BCUT2D eigenvalue weighted by Gasteiger charge is -2.37. The zero-order valence-corrected chi connectivity index (χ0v) is 34.0. The highest BCUT2D eigenvalue weighted by Gasteiger charge is 2.49. The highest BCUT2D eigenvalue weighted by molar-refractivity contribution is 5.91. The summed E-state index contributed by atoms with van der Waals surface area (Å²) in [5.74, 6) is 2.02. The van der Waals surface area contributed by atoms with E-state index >= 15 is 0 Å². The van der Waals surface area contributed by atoms with Crippen LogP contribution in [-0.2, 0) is 10.8 Å². The van der Waals surface area contributed by atoms with E-state index in [9.17, 15) is 0 Å². The Morgan fingerprint density at radius 3 is 1.33 bits per heavy atom. The van der Waals surface area contributed by atoms with Gasteiger partial charge in [-0.05, 0) is 117 Å². The molecule has 12 rings (SSSR count). The summed E-state index contributed by atoms with van der Waals surface area (Å²) in [5, 5.41) is 0. The summed E-state index contributed by atoms with van der Waals surface area (Å²) >= 11 is 0. The van der Waals surface area contributed by atoms with Crippen LogP contribution in [0.2, 0.25) is 0 Å². The molecule has 0 aliphatic heterocycles. The number of hydrogen-bond donors (Lipinski definition) is 0. The first-order valence-electron chi connectivity index (χ1n) is 22.2. The summed E-state index contributed by atoms with van der Waals surface area (Å²) in [5.41, 5.74) is 20.1. The molecule has 4 aliphatic rings. The van der Waals surface area contributed by atoms with E-state index in [0.29, 0.717) is 17.5 Å². The molecule has 0 amide bonds. The third-order valence-corrected chi connectivity index (χ3v) is 14.5. The van der Waals surface area contributed by atoms with Crippen LogP contribution in [0.15, 0.2) is 164 Å². The van der Waals surface area contributed by atoms with Crippen LogP contribution in [0.3, 0.4) is 0 Å². The van der Waals surface area contributed by atoms with Gasteiger partial charge in [-0.15, -0.1) is 0 Å². The Balaban J connectivity index is 0.954. The van der Waals surface area contributed by atoms with Gasteiger partial charge >= 0.3 is 0 Å². The van der Waals surface area contributed by atoms with Crippen molar-refractivity contribution in [1.29, 1.82) is 0 Å². The van der Waals surface area contributed by atoms with E-state index in [1.54, 1.807) is 16.7 Å². The average Bonchev–Trinajstić information content (AvgIpc) is 3.73. The summed E-state index contributed by atoms with van der Waals surface area (Å²) in [7, 11) is 0. The van der Waals surface area contributed by atoms with Crippen molar-refractivity contribution < 1.29 is 0 Å². The molecule has 1 aromatic heterocycles. The zero-order valence-electron chi connectivity index (χ0n) is 34.0. The standard InChI is InChI=1S/C57H47N3/c1-5-16-38(17-6-1)39-24-26-41(27-25-39)54-58-53(40-18-7-2-8-19-40)59-55(60-54)44-21-15-20-42(34-44)43-28-29-46-48-37-51-47(36-52(48)57(50(46)35-43)32-13-4-14-33-57)45-22-9-10-23-49(45)56(51)30-11-3-12-31-56/h1-2,5-10,15-29,34-37H,3-4,11-14,30-33H2. The van der Waals surface area contributed by atoms with Crippen LogP contribution in [0.5, 0.6) is 0 Å². The Morgan fingerprint density at radius 1 is 0.267 bits per heavy atom. The fourth-order valence-corrected chi connectivity index (χ4v) is 11.6. The van der Waals surface area contributed by atoms with Crippen LogP contribution in [0.25, 0.3) is 78.7 Å². The minimum atomic E-state index is 0.0482. The largest absolute Gasteiger partial charge is 0.208 e. The number of hydrogen-bond acceptors (Lipinski definition) is 3. The Hall–Kier alpha value is -6.45. The summed E-state index contributed by atoms with van der Waals surface area (Å²) in [6.07, 6.45) is 12.8. The van der Waals surface area contributed by atoms with Crippen molar-refractivity contribution in [3.05, 3.63) is 186 Å². The summed E-state index contributed by atoms with van der Waals surface area (Å²) < 4.78 is 0. The molecule has 0 atom stereocenters. The molecule has 0 radical (unpaired) electrons. The van der Waals surface area contributed by atoms with E-state index in [1.165, 1.54) is 114 Å². The fraction of sp³-hybridized carbons (Fsp3) is 0.211. The van der Waals surface area contributed by atoms with E-state index in [-0.39, 0.29) is 10.8 Å². The Bertz CT molecular complexity index is 2920. The lowest BCUT2D eigenvalue weighted by molar-refractivity contribution is 0.350. The minimum Gasteiger partial charge on any atom is -0.208 e. The first-order valence-corrected chi connectivity index (χ1v) is 22.2. The molecular formula is C57H47N3. The van der Waals surface area contributed by atoms with Gasteiger partial charge < -0.3 is 0 Å². The second kappa shape index (κ2) is 14.1. The number of fused-ring (bicyclic) bond motifs is 10. The van der Waals surface area contributed by atoms with Gasteiger partial charge in [0, 0.05) is 27.5 Å². The molecule has 2 fully saturated rings. The van der Waals surface area contributed by atoms with Crippen molar-refractivity contribution in [2.45, 2.75) is 75.0 Å². The smallest absolute Gasteiger partial charge is 0.164 e. The van der Waals surface area contributed by atoms with Gasteiger partial charge in [0.2, 0.25) is 0 Å². The second-order valence-electron chi connectivity index (χ2n) is 17.7. The molecule has 2 saturated carbocycles. The first-order chi connectivity index (χ1) is 29.7. The van der Waals surface area contributed by atoms with Crippen LogP contribution in [0, 0.1) is 0 Å². The van der Waals surface area contributed by atoms with Gasteiger partial charge in [-0.25, -0.2) is 15.0 Å². The van der Waals surface area contributed by atoms with E-state index in [0.717, 1.165) is 16.7 Å². The molecule has 290 valence electrons. The normalized spacial score (nSPS) is 16.6. The van der Waals surface area contributed by atoms with Gasteiger partial charge in [0.25, 0.3) is 0 Å². The number of benzene rings is 7. The van der Waals surface area contributed by atoms with Crippen LogP contribution >= 0.6 is 0 Å². The highest BCUT2D eigenvalue weighted by atomic mass is 15.0. The highest BCUT2D eigenvalue weighted by Crippen LogP contribution is 2.62. The summed E-state index contributed by atoms with van der Waals surface area (Å²) in [6.45, 7) is 0. The second-order valence-corrected chi connectivity index (χ2v) is 17.7. The Labute approximate surface area is 353 Å². The number of aromatic nitrogens is 3. The van der Waals surface area contributed by atoms with Crippen molar-refractivity contribution in [2.75, 3.05) is 0 Å². The van der Waals surface area contributed by atoms with Gasteiger partial charge in [-0.1, -0.05) is 178 Å². The maximum atomic E-state index is 5.15. The summed E-state index contributed by atoms with van der Waals surface area (Å²) in [4.78, 5) is 15.3. The number of nitrogens with zero attached hydrogens (tertiary/aromatic N) is 3. The van der Waals surface area contributed by atoms with Crippen LogP contribution in [-0.4, -0.2) is 15.0 Å². The zero-order chi connectivity index (χ0) is 39.7. The third kappa shape index (κ3) is 5.59. The van der Waals surface area contributed by atoms with Crippen LogP contribution in [0.4, 0.5) is 0 Å². The van der Waals surface area contributed by atoms with Crippen molar-refractivity contribution >= 4 is 0 Å². The monoisotopic (exact) mass is 773 g/mol. The molecule has 2 spiro atoms. The average molecular weight is 774 g/mol. The molecule has 7 aromatic carbocycles. The molecule has 0 bridgehead atoms. The van der Waals surface area contributed by atoms with Gasteiger partial charge in [0.15, 0.2) is 17.5 Å². The Morgan fingerprint density at radius 2 is 0.683 bits per heavy atom. The lowest BCUT2D eigenvalue weighted by Crippen LogP contribution is -2.29. The van der Waals surface area contributed by atoms with E-state index < -0.39 is 0 Å². The first kappa shape index (κ1) is 35.5. The van der Waals surface area contributed by atoms with Gasteiger partial charge in [0.1, 0.15) is 0 Å². The number of rotatable bonds is 5. The van der Waals surface area contributed by atoms with Crippen molar-refractivity contribution in [3.63, 3.8) is 0 Å². The third-order valence-electron chi connectivity index (χ3n) is 14.5. The molecule has 0 N–H and O–H groups in total. The minimum absolute atomic E-state index is 0.0482. The molecule has 1 heterocycles. The molecular weight excluding hydrogens is 727 g/mol. The molecule has 0 saturated heterocycles. The Kier molecular flexibility index (Phi) is 8.34. The van der Waals surface area contributed by atoms with Crippen molar-refractivity contribution in [3.8, 4) is 78.7 Å². The molecule has 3 heteroatoms.